The van der Waals surface area contributed by atoms with Crippen LogP contribution in [0, 0.1) is 0 Å². The summed E-state index contributed by atoms with van der Waals surface area (Å²) in [5.74, 6) is 0.707. The monoisotopic (exact) mass is 691 g/mol. The molecule has 0 radical (unpaired) electrons. The number of hydrogen-bond acceptors (Lipinski definition) is 2. The summed E-state index contributed by atoms with van der Waals surface area (Å²) >= 11 is 0. The number of aromatic nitrogens is 3. The zero-order chi connectivity index (χ0) is 36.2. The quantitative estimate of drug-likeness (QED) is 0.180. The van der Waals surface area contributed by atoms with Gasteiger partial charge in [-0.25, -0.2) is 9.97 Å². The third-order valence-corrected chi connectivity index (χ3v) is 11.1. The lowest BCUT2D eigenvalue weighted by Crippen LogP contribution is -2.20. The van der Waals surface area contributed by atoms with E-state index in [0.29, 0.717) is 5.82 Å². The van der Waals surface area contributed by atoms with Crippen LogP contribution >= 0.6 is 0 Å². The second kappa shape index (κ2) is 12.7. The summed E-state index contributed by atoms with van der Waals surface area (Å²) in [6.07, 6.45) is 0. The molecule has 54 heavy (non-hydrogen) atoms. The van der Waals surface area contributed by atoms with Crippen molar-refractivity contribution >= 4 is 10.9 Å². The molecule has 0 amide bonds. The molecule has 0 aliphatic heterocycles. The fraction of sp³-hybridized carbons (Fsp3) is 0.0588. The molecule has 3 nitrogen and oxygen atoms in total. The molecule has 10 rings (SSSR count). The number of benzene rings is 7. The van der Waals surface area contributed by atoms with Crippen molar-refractivity contribution < 1.29 is 0 Å². The van der Waals surface area contributed by atoms with Crippen LogP contribution in [0.5, 0.6) is 0 Å². The minimum Gasteiger partial charge on any atom is -0.309 e. The SMILES string of the molecule is CC1(C)c2ccccc2-c2c(n(-c3ccc(-c4cc(-c5ccc(-c6ccccc6)cc5)nc(-c5ccccc5)n4)cc3)c3ccccc23)-c2ccccc21. The fourth-order valence-electron chi connectivity index (χ4n) is 8.37. The maximum Gasteiger partial charge on any atom is 0.160 e. The smallest absolute Gasteiger partial charge is 0.160 e. The fourth-order valence-corrected chi connectivity index (χ4v) is 8.37. The third kappa shape index (κ3) is 5.20. The van der Waals surface area contributed by atoms with E-state index in [9.17, 15) is 0 Å². The Labute approximate surface area is 315 Å². The van der Waals surface area contributed by atoms with Crippen LogP contribution in [-0.2, 0) is 5.41 Å². The minimum atomic E-state index is -0.176. The number of rotatable bonds is 5. The molecule has 9 aromatic rings. The van der Waals surface area contributed by atoms with Crippen LogP contribution in [0.15, 0.2) is 188 Å². The lowest BCUT2D eigenvalue weighted by Gasteiger charge is -2.28. The molecule has 256 valence electrons. The topological polar surface area (TPSA) is 30.7 Å². The van der Waals surface area contributed by atoms with Crippen molar-refractivity contribution in [2.75, 3.05) is 0 Å². The summed E-state index contributed by atoms with van der Waals surface area (Å²) in [7, 11) is 0. The summed E-state index contributed by atoms with van der Waals surface area (Å²) in [4.78, 5) is 10.2. The van der Waals surface area contributed by atoms with E-state index in [2.05, 4.69) is 182 Å². The van der Waals surface area contributed by atoms with Gasteiger partial charge in [-0.2, -0.15) is 0 Å². The number of hydrogen-bond donors (Lipinski definition) is 0. The van der Waals surface area contributed by atoms with Crippen LogP contribution in [0.4, 0.5) is 0 Å². The average molecular weight is 692 g/mol. The maximum absolute atomic E-state index is 5.14. The van der Waals surface area contributed by atoms with Crippen molar-refractivity contribution in [3.8, 4) is 73.1 Å². The van der Waals surface area contributed by atoms with Crippen LogP contribution in [0.1, 0.15) is 25.0 Å². The molecule has 0 spiro atoms. The van der Waals surface area contributed by atoms with E-state index in [4.69, 9.17) is 9.97 Å². The van der Waals surface area contributed by atoms with Crippen molar-refractivity contribution in [2.24, 2.45) is 0 Å². The highest BCUT2D eigenvalue weighted by atomic mass is 15.0. The Balaban J connectivity index is 1.13. The molecule has 3 heteroatoms. The Morgan fingerprint density at radius 2 is 0.907 bits per heavy atom. The molecule has 2 aromatic heterocycles. The van der Waals surface area contributed by atoms with Gasteiger partial charge in [-0.1, -0.05) is 178 Å². The molecule has 0 bridgehead atoms. The molecule has 0 fully saturated rings. The van der Waals surface area contributed by atoms with Gasteiger partial charge in [-0.3, -0.25) is 0 Å². The standard InChI is InChI=1S/C51H37N3/c1-51(2)43-22-12-9-19-40(43)48-42-21-11-14-24-47(42)54(49(48)41-20-10-13-23-44(41)51)39-31-29-37(30-32-39)46-33-45(52-50(53-46)38-17-7-4-8-18-38)36-27-25-35(26-28-36)34-15-5-3-6-16-34/h3-33H,1-2H3. The highest BCUT2D eigenvalue weighted by Gasteiger charge is 2.35. The summed E-state index contributed by atoms with van der Waals surface area (Å²) in [6.45, 7) is 4.71. The van der Waals surface area contributed by atoms with Gasteiger partial charge in [0.2, 0.25) is 0 Å². The van der Waals surface area contributed by atoms with Crippen LogP contribution < -0.4 is 0 Å². The van der Waals surface area contributed by atoms with E-state index in [1.54, 1.807) is 0 Å². The Hall–Kier alpha value is -6.84. The predicted molar refractivity (Wildman–Crippen MR) is 224 cm³/mol. The first-order valence-corrected chi connectivity index (χ1v) is 18.6. The Kier molecular flexibility index (Phi) is 7.48. The van der Waals surface area contributed by atoms with Crippen molar-refractivity contribution in [3.05, 3.63) is 199 Å². The second-order valence-corrected chi connectivity index (χ2v) is 14.6. The van der Waals surface area contributed by atoms with Gasteiger partial charge in [-0.05, 0) is 52.1 Å². The molecular formula is C51H37N3. The van der Waals surface area contributed by atoms with E-state index in [1.165, 1.54) is 55.5 Å². The van der Waals surface area contributed by atoms with Crippen molar-refractivity contribution in [2.45, 2.75) is 19.3 Å². The van der Waals surface area contributed by atoms with E-state index in [1.807, 2.05) is 24.3 Å². The first-order chi connectivity index (χ1) is 26.5. The van der Waals surface area contributed by atoms with Gasteiger partial charge in [-0.15, -0.1) is 0 Å². The molecule has 1 aliphatic carbocycles. The number of nitrogens with zero attached hydrogens (tertiary/aromatic N) is 3. The van der Waals surface area contributed by atoms with Gasteiger partial charge in [0.15, 0.2) is 5.82 Å². The normalized spacial score (nSPS) is 12.8. The molecular weight excluding hydrogens is 655 g/mol. The molecule has 0 saturated heterocycles. The van der Waals surface area contributed by atoms with Crippen LogP contribution in [-0.4, -0.2) is 14.5 Å². The number of fused-ring (bicyclic) bond motifs is 7. The highest BCUT2D eigenvalue weighted by Crippen LogP contribution is 2.52. The van der Waals surface area contributed by atoms with Crippen LogP contribution in [0.25, 0.3) is 84.0 Å². The van der Waals surface area contributed by atoms with E-state index >= 15 is 0 Å². The molecule has 0 atom stereocenters. The van der Waals surface area contributed by atoms with Crippen LogP contribution in [0.2, 0.25) is 0 Å². The summed E-state index contributed by atoms with van der Waals surface area (Å²) in [6, 6.07) is 67.1. The first kappa shape index (κ1) is 31.9. The largest absolute Gasteiger partial charge is 0.309 e. The average Bonchev–Trinajstić information content (AvgIpc) is 3.55. The lowest BCUT2D eigenvalue weighted by molar-refractivity contribution is 0.646. The Bertz CT molecular complexity index is 2810. The lowest BCUT2D eigenvalue weighted by atomic mass is 9.75. The van der Waals surface area contributed by atoms with Crippen molar-refractivity contribution in [1.82, 2.24) is 14.5 Å². The van der Waals surface area contributed by atoms with Gasteiger partial charge in [0.25, 0.3) is 0 Å². The third-order valence-electron chi connectivity index (χ3n) is 11.1. The molecule has 0 N–H and O–H groups in total. The summed E-state index contributed by atoms with van der Waals surface area (Å²) < 4.78 is 2.46. The number of para-hydroxylation sites is 1. The summed E-state index contributed by atoms with van der Waals surface area (Å²) in [5.41, 5.74) is 17.1. The van der Waals surface area contributed by atoms with Crippen molar-refractivity contribution in [1.29, 1.82) is 0 Å². The zero-order valence-corrected chi connectivity index (χ0v) is 30.2. The highest BCUT2D eigenvalue weighted by molar-refractivity contribution is 6.08. The molecule has 0 saturated carbocycles. The van der Waals surface area contributed by atoms with E-state index in [-0.39, 0.29) is 5.41 Å². The Morgan fingerprint density at radius 1 is 0.426 bits per heavy atom. The molecule has 7 aromatic carbocycles. The molecule has 0 unspecified atom stereocenters. The molecule has 1 aliphatic rings. The molecule has 2 heterocycles. The van der Waals surface area contributed by atoms with Gasteiger partial charge in [0.1, 0.15) is 0 Å². The van der Waals surface area contributed by atoms with Gasteiger partial charge in [0, 0.05) is 44.3 Å². The van der Waals surface area contributed by atoms with Crippen LogP contribution in [0.3, 0.4) is 0 Å². The second-order valence-electron chi connectivity index (χ2n) is 14.6. The van der Waals surface area contributed by atoms with Gasteiger partial charge in [0.05, 0.1) is 22.6 Å². The minimum absolute atomic E-state index is 0.176. The van der Waals surface area contributed by atoms with Gasteiger partial charge >= 0.3 is 0 Å². The zero-order valence-electron chi connectivity index (χ0n) is 30.2. The Morgan fingerprint density at radius 3 is 1.57 bits per heavy atom. The predicted octanol–water partition coefficient (Wildman–Crippen LogP) is 13.1. The van der Waals surface area contributed by atoms with E-state index in [0.717, 1.165) is 33.8 Å². The first-order valence-electron chi connectivity index (χ1n) is 18.6. The summed E-state index contributed by atoms with van der Waals surface area (Å²) in [5, 5.41) is 1.25. The van der Waals surface area contributed by atoms with Crippen molar-refractivity contribution in [3.63, 3.8) is 0 Å². The van der Waals surface area contributed by atoms with Gasteiger partial charge < -0.3 is 4.57 Å². The van der Waals surface area contributed by atoms with E-state index < -0.39 is 0 Å². The maximum atomic E-state index is 5.14.